The molecule has 0 rings (SSSR count). The second-order valence-corrected chi connectivity index (χ2v) is 12.8. The number of carbonyl (C=O) groups is 2. The van der Waals surface area contributed by atoms with Gasteiger partial charge in [-0.25, -0.2) is 4.79 Å². The lowest BCUT2D eigenvalue weighted by Crippen LogP contribution is -2.24. The lowest BCUT2D eigenvalue weighted by atomic mass is 10.1. The molecule has 0 radical (unpaired) electrons. The number of ether oxygens (including phenoxy) is 3. The van der Waals surface area contributed by atoms with E-state index in [1.54, 1.807) is 6.07 Å². The van der Waals surface area contributed by atoms with Crippen LogP contribution in [0.25, 0.3) is 0 Å². The number of nitrogens with zero attached hydrogens (tertiary/aromatic N) is 1. The van der Waals surface area contributed by atoms with Gasteiger partial charge >= 0.3 is 11.9 Å². The number of aliphatic hydroxyl groups is 1. The molecule has 0 amide bonds. The molecule has 42 heavy (non-hydrogen) atoms. The van der Waals surface area contributed by atoms with Gasteiger partial charge in [0.2, 0.25) is 0 Å². The summed E-state index contributed by atoms with van der Waals surface area (Å²) in [6.45, 7) is 17.4. The van der Waals surface area contributed by atoms with Gasteiger partial charge in [0.25, 0.3) is 0 Å². The van der Waals surface area contributed by atoms with Crippen LogP contribution in [-0.4, -0.2) is 58.7 Å². The third-order valence-electron chi connectivity index (χ3n) is 4.66. The normalized spacial score (nSPS) is 10.1. The van der Waals surface area contributed by atoms with E-state index in [4.69, 9.17) is 24.6 Å². The summed E-state index contributed by atoms with van der Waals surface area (Å²) in [5, 5.41) is 18.0. The van der Waals surface area contributed by atoms with Crippen molar-refractivity contribution < 1.29 is 28.9 Å². The molecule has 0 saturated carbocycles. The largest absolute Gasteiger partial charge is 0.460 e. The van der Waals surface area contributed by atoms with Crippen LogP contribution in [0.3, 0.4) is 0 Å². The quantitative estimate of drug-likeness (QED) is 0.0610. The van der Waals surface area contributed by atoms with Crippen molar-refractivity contribution in [3.05, 3.63) is 12.7 Å². The molecule has 0 aliphatic heterocycles. The Labute approximate surface area is 276 Å². The molecule has 0 aromatic rings. The molecular formula is C33H65Br2NO6. The molecule has 0 aliphatic carbocycles. The van der Waals surface area contributed by atoms with Gasteiger partial charge in [0.05, 0.1) is 19.1 Å². The predicted molar refractivity (Wildman–Crippen MR) is 185 cm³/mol. The van der Waals surface area contributed by atoms with Gasteiger partial charge in [0.15, 0.2) is 0 Å². The van der Waals surface area contributed by atoms with Gasteiger partial charge in [0.1, 0.15) is 11.2 Å². The Morgan fingerprint density at radius 3 is 1.48 bits per heavy atom. The van der Waals surface area contributed by atoms with Crippen molar-refractivity contribution >= 4 is 43.8 Å². The van der Waals surface area contributed by atoms with Crippen molar-refractivity contribution in [3.8, 4) is 6.07 Å². The van der Waals surface area contributed by atoms with Gasteiger partial charge in [-0.05, 0) is 67.2 Å². The summed E-state index contributed by atoms with van der Waals surface area (Å²) in [6, 6.07) is 1.75. The highest BCUT2D eigenvalue weighted by Gasteiger charge is 2.15. The fraction of sp³-hybridized carbons (Fsp3) is 0.848. The Hall–Kier alpha value is -0.950. The van der Waals surface area contributed by atoms with Gasteiger partial charge < -0.3 is 19.3 Å². The molecule has 0 aromatic carbocycles. The van der Waals surface area contributed by atoms with Crippen LogP contribution in [0.5, 0.6) is 0 Å². The molecule has 0 aromatic heterocycles. The molecule has 0 fully saturated rings. The van der Waals surface area contributed by atoms with Crippen LogP contribution < -0.4 is 0 Å². The van der Waals surface area contributed by atoms with E-state index in [1.165, 1.54) is 71.1 Å². The Bertz CT molecular complexity index is 618. The number of carbonyl (C=O) groups excluding carboxylic acids is 2. The maximum atomic E-state index is 11.4. The number of hydrogen-bond acceptors (Lipinski definition) is 7. The van der Waals surface area contributed by atoms with Crippen molar-refractivity contribution in [2.75, 3.05) is 30.5 Å². The molecule has 0 aliphatic rings. The van der Waals surface area contributed by atoms with E-state index in [2.05, 4.69) is 38.4 Å². The highest BCUT2D eigenvalue weighted by Crippen LogP contribution is 2.09. The van der Waals surface area contributed by atoms with E-state index in [-0.39, 0.29) is 19.4 Å². The first-order chi connectivity index (χ1) is 19.2. The molecule has 0 atom stereocenters. The average molecular weight is 732 g/mol. The number of nitriles is 1. The average Bonchev–Trinajstić information content (AvgIpc) is 2.86. The van der Waals surface area contributed by atoms with Crippen LogP contribution in [0.4, 0.5) is 0 Å². The molecular weight excluding hydrogens is 666 g/mol. The first kappa shape index (κ1) is 50.7. The van der Waals surface area contributed by atoms with Crippen LogP contribution in [0.2, 0.25) is 0 Å². The van der Waals surface area contributed by atoms with E-state index in [0.717, 1.165) is 36.2 Å². The fourth-order valence-electron chi connectivity index (χ4n) is 2.91. The fourth-order valence-corrected chi connectivity index (χ4v) is 3.71. The maximum absolute atomic E-state index is 11.4. The van der Waals surface area contributed by atoms with Gasteiger partial charge in [-0.1, -0.05) is 97.2 Å². The summed E-state index contributed by atoms with van der Waals surface area (Å²) in [5.41, 5.74) is -0.794. The Kier molecular flexibility index (Phi) is 45.9. The maximum Gasteiger partial charge on any atom is 0.330 e. The molecule has 0 heterocycles. The van der Waals surface area contributed by atoms with Crippen molar-refractivity contribution in [1.82, 2.24) is 0 Å². The van der Waals surface area contributed by atoms with Crippen LogP contribution in [0.15, 0.2) is 12.7 Å². The summed E-state index contributed by atoms with van der Waals surface area (Å²) >= 11 is 6.82. The standard InChI is InChI=1S/C15H29BrO3.C8H17BrO.C7H12O2.C2H3N.CH4/c1-15(2,3)19-14(17)10-13-18-12-9-7-5-4-6-8-11-16;9-7-5-3-1-2-4-6-8-10;1-5-6(8)9-7(2,3)4;1-2-3;/h4-13H2,1-3H3;10H,1-8H2;5H,1H2,2-4H3;1H3;1H4. The highest BCUT2D eigenvalue weighted by atomic mass is 79.9. The van der Waals surface area contributed by atoms with E-state index >= 15 is 0 Å². The number of unbranched alkanes of at least 4 members (excludes halogenated alkanes) is 10. The second kappa shape index (κ2) is 38.1. The second-order valence-electron chi connectivity index (χ2n) is 11.3. The zero-order valence-corrected chi connectivity index (χ0v) is 30.4. The van der Waals surface area contributed by atoms with E-state index in [1.807, 2.05) is 41.5 Å². The number of rotatable bonds is 19. The first-order valence-electron chi connectivity index (χ1n) is 14.9. The van der Waals surface area contributed by atoms with E-state index in [9.17, 15) is 9.59 Å². The predicted octanol–water partition coefficient (Wildman–Crippen LogP) is 9.86. The van der Waals surface area contributed by atoms with Crippen LogP contribution >= 0.6 is 31.9 Å². The number of alkyl halides is 2. The monoisotopic (exact) mass is 729 g/mol. The summed E-state index contributed by atoms with van der Waals surface area (Å²) < 4.78 is 15.5. The molecule has 0 bridgehead atoms. The molecule has 9 heteroatoms. The zero-order valence-electron chi connectivity index (χ0n) is 27.2. The molecule has 0 saturated heterocycles. The number of aliphatic hydroxyl groups excluding tert-OH is 1. The Morgan fingerprint density at radius 1 is 0.762 bits per heavy atom. The molecule has 0 unspecified atom stereocenters. The molecule has 0 spiro atoms. The third-order valence-corrected chi connectivity index (χ3v) is 5.78. The minimum atomic E-state index is -0.398. The Morgan fingerprint density at radius 2 is 1.14 bits per heavy atom. The number of halogens is 2. The van der Waals surface area contributed by atoms with Crippen LogP contribution in [0, 0.1) is 11.3 Å². The number of hydrogen-bond donors (Lipinski definition) is 1. The zero-order chi connectivity index (χ0) is 32.4. The molecule has 7 nitrogen and oxygen atoms in total. The van der Waals surface area contributed by atoms with Crippen molar-refractivity contribution in [1.29, 1.82) is 5.26 Å². The van der Waals surface area contributed by atoms with Crippen LogP contribution in [-0.2, 0) is 23.8 Å². The van der Waals surface area contributed by atoms with Crippen molar-refractivity contribution in [2.45, 2.75) is 151 Å². The first-order valence-corrected chi connectivity index (χ1v) is 17.2. The van der Waals surface area contributed by atoms with Crippen LogP contribution in [0.1, 0.15) is 139 Å². The summed E-state index contributed by atoms with van der Waals surface area (Å²) in [5.74, 6) is -0.551. The van der Waals surface area contributed by atoms with Gasteiger partial charge in [-0.3, -0.25) is 4.79 Å². The highest BCUT2D eigenvalue weighted by molar-refractivity contribution is 9.09. The van der Waals surface area contributed by atoms with Gasteiger partial charge in [-0.15, -0.1) is 0 Å². The van der Waals surface area contributed by atoms with E-state index in [0.29, 0.717) is 19.6 Å². The lowest BCUT2D eigenvalue weighted by Gasteiger charge is -2.19. The van der Waals surface area contributed by atoms with E-state index < -0.39 is 11.2 Å². The molecule has 252 valence electrons. The third kappa shape index (κ3) is 62.6. The minimum absolute atomic E-state index is 0. The molecule has 1 N–H and O–H groups in total. The Balaban J connectivity index is -0.000000167. The smallest absolute Gasteiger partial charge is 0.330 e. The SMILES string of the molecule is C.C=CC(=O)OC(C)(C)C.CC#N.CC(C)(C)OC(=O)CCOCCCCCCCCBr.OCCCCCCCCBr. The van der Waals surface area contributed by atoms with Gasteiger partial charge in [-0.2, -0.15) is 5.26 Å². The van der Waals surface area contributed by atoms with Crippen molar-refractivity contribution in [3.63, 3.8) is 0 Å². The topological polar surface area (TPSA) is 106 Å². The van der Waals surface area contributed by atoms with Gasteiger partial charge in [0, 0.05) is 36.9 Å². The summed E-state index contributed by atoms with van der Waals surface area (Å²) in [7, 11) is 0. The van der Waals surface area contributed by atoms with Crippen molar-refractivity contribution in [2.24, 2.45) is 0 Å². The lowest BCUT2D eigenvalue weighted by molar-refractivity contribution is -0.156. The summed E-state index contributed by atoms with van der Waals surface area (Å²) in [6.07, 6.45) is 16.4. The summed E-state index contributed by atoms with van der Waals surface area (Å²) in [4.78, 5) is 21.9. The minimum Gasteiger partial charge on any atom is -0.460 e. The number of esters is 2.